The third kappa shape index (κ3) is 5.99. The van der Waals surface area contributed by atoms with Crippen LogP contribution in [0.1, 0.15) is 32.1 Å². The van der Waals surface area contributed by atoms with Crippen LogP contribution in [0.25, 0.3) is 0 Å². The molecule has 0 radical (unpaired) electrons. The highest BCUT2D eigenvalue weighted by molar-refractivity contribution is 14.1. The quantitative estimate of drug-likeness (QED) is 0.805. The van der Waals surface area contributed by atoms with E-state index in [0.717, 1.165) is 16.4 Å². The molecule has 0 bridgehead atoms. The Bertz CT molecular complexity index is 268. The minimum atomic E-state index is -0.941. The van der Waals surface area contributed by atoms with Gasteiger partial charge in [0.15, 0.2) is 21.2 Å². The van der Waals surface area contributed by atoms with E-state index < -0.39 is 21.2 Å². The molecule has 0 atom stereocenters. The summed E-state index contributed by atoms with van der Waals surface area (Å²) in [6, 6.07) is 9.46. The molecule has 0 saturated heterocycles. The van der Waals surface area contributed by atoms with E-state index in [1.807, 2.05) is 30.3 Å². The van der Waals surface area contributed by atoms with Crippen molar-refractivity contribution in [2.24, 2.45) is 0 Å². The monoisotopic (exact) mass is 320 g/mol. The summed E-state index contributed by atoms with van der Waals surface area (Å²) in [5.41, 5.74) is 0. The normalized spacial score (nSPS) is 16.6. The van der Waals surface area contributed by atoms with Crippen molar-refractivity contribution in [2.75, 3.05) is 0 Å². The van der Waals surface area contributed by atoms with Crippen molar-refractivity contribution in [1.29, 1.82) is 0 Å². The van der Waals surface area contributed by atoms with Gasteiger partial charge in [0, 0.05) is 3.57 Å². The van der Waals surface area contributed by atoms with E-state index in [1.54, 1.807) is 0 Å². The highest BCUT2D eigenvalue weighted by Crippen LogP contribution is 2.16. The lowest BCUT2D eigenvalue weighted by Gasteiger charge is -2.14. The fraction of sp³-hybridized carbons (Fsp3) is 0.500. The summed E-state index contributed by atoms with van der Waals surface area (Å²) >= 11 is -0.941. The maximum Gasteiger partial charge on any atom is 0.182 e. The molecular formula is C12H17IO2. The van der Waals surface area contributed by atoms with E-state index in [9.17, 15) is 3.07 Å². The molecule has 1 aliphatic carbocycles. The van der Waals surface area contributed by atoms with Gasteiger partial charge >= 0.3 is 0 Å². The van der Waals surface area contributed by atoms with Crippen molar-refractivity contribution < 1.29 is 8.18 Å². The lowest BCUT2D eigenvalue weighted by atomic mass is 9.98. The molecule has 1 aromatic carbocycles. The van der Waals surface area contributed by atoms with E-state index in [2.05, 4.69) is 0 Å². The third-order valence-electron chi connectivity index (χ3n) is 2.40. The van der Waals surface area contributed by atoms with Gasteiger partial charge in [0.1, 0.15) is 0 Å². The van der Waals surface area contributed by atoms with Crippen molar-refractivity contribution in [3.63, 3.8) is 0 Å². The Morgan fingerprint density at radius 1 is 1.07 bits per heavy atom. The fourth-order valence-corrected chi connectivity index (χ4v) is 2.26. The van der Waals surface area contributed by atoms with Crippen molar-refractivity contribution in [1.82, 2.24) is 0 Å². The van der Waals surface area contributed by atoms with Crippen molar-refractivity contribution in [3.05, 3.63) is 33.9 Å². The fourth-order valence-electron chi connectivity index (χ4n) is 1.55. The zero-order valence-corrected chi connectivity index (χ0v) is 10.9. The molecule has 1 aliphatic rings. The lowest BCUT2D eigenvalue weighted by molar-refractivity contribution is 0.130. The number of rotatable bonds is 1. The summed E-state index contributed by atoms with van der Waals surface area (Å²) in [6.07, 6.45) is 5.92. The van der Waals surface area contributed by atoms with Gasteiger partial charge in [-0.2, -0.15) is 0 Å². The summed E-state index contributed by atoms with van der Waals surface area (Å²) < 4.78 is 11.2. The van der Waals surface area contributed by atoms with Crippen LogP contribution in [0, 0.1) is 3.57 Å². The number of aliphatic hydroxyl groups excluding tert-OH is 1. The van der Waals surface area contributed by atoms with Gasteiger partial charge in [-0.25, -0.2) is 0 Å². The van der Waals surface area contributed by atoms with Gasteiger partial charge in [0.05, 0.1) is 6.10 Å². The summed E-state index contributed by atoms with van der Waals surface area (Å²) in [6.45, 7) is 0. The van der Waals surface area contributed by atoms with Crippen molar-refractivity contribution >= 4 is 21.2 Å². The molecule has 2 nitrogen and oxygen atoms in total. The average Bonchev–Trinajstić information content (AvgIpc) is 2.32. The maximum atomic E-state index is 10.2. The smallest absolute Gasteiger partial charge is 0.182 e. The molecule has 1 aromatic rings. The molecule has 3 heteroatoms. The second-order valence-electron chi connectivity index (χ2n) is 3.66. The largest absolute Gasteiger partial charge is 0.393 e. The molecule has 84 valence electrons. The second kappa shape index (κ2) is 7.93. The number of hydrogen-bond donors (Lipinski definition) is 1. The zero-order valence-electron chi connectivity index (χ0n) is 8.73. The van der Waals surface area contributed by atoms with Crippen LogP contribution < -0.4 is 0 Å². The van der Waals surface area contributed by atoms with Crippen LogP contribution in [-0.2, 0) is 3.07 Å². The second-order valence-corrected chi connectivity index (χ2v) is 5.35. The van der Waals surface area contributed by atoms with Crippen LogP contribution in [0.3, 0.4) is 0 Å². The van der Waals surface area contributed by atoms with Gasteiger partial charge in [0.25, 0.3) is 0 Å². The van der Waals surface area contributed by atoms with E-state index in [1.165, 1.54) is 19.3 Å². The summed E-state index contributed by atoms with van der Waals surface area (Å²) in [5, 5.41) is 8.91. The Morgan fingerprint density at radius 3 is 2.00 bits per heavy atom. The van der Waals surface area contributed by atoms with E-state index in [4.69, 9.17) is 5.11 Å². The topological polar surface area (TPSA) is 37.3 Å². The molecule has 1 saturated carbocycles. The number of hydrogen-bond acceptors (Lipinski definition) is 2. The Kier molecular flexibility index (Phi) is 6.76. The predicted molar refractivity (Wildman–Crippen MR) is 68.9 cm³/mol. The first-order chi connectivity index (χ1) is 7.33. The summed E-state index contributed by atoms with van der Waals surface area (Å²) in [7, 11) is 0. The minimum absolute atomic E-state index is 0.0359. The Hall–Kier alpha value is -0.290. The summed E-state index contributed by atoms with van der Waals surface area (Å²) in [4.78, 5) is 0. The van der Waals surface area contributed by atoms with Crippen LogP contribution in [0.4, 0.5) is 0 Å². The molecule has 1 N–H and O–H groups in total. The van der Waals surface area contributed by atoms with Crippen LogP contribution in [0.5, 0.6) is 0 Å². The molecule has 0 aromatic heterocycles. The third-order valence-corrected chi connectivity index (χ3v) is 3.62. The van der Waals surface area contributed by atoms with Gasteiger partial charge in [-0.05, 0) is 25.0 Å². The zero-order chi connectivity index (χ0) is 10.9. The van der Waals surface area contributed by atoms with Gasteiger partial charge in [-0.15, -0.1) is 0 Å². The van der Waals surface area contributed by atoms with Crippen LogP contribution >= 0.6 is 21.2 Å². The highest BCUT2D eigenvalue weighted by Gasteiger charge is 2.07. The van der Waals surface area contributed by atoms with Gasteiger partial charge in [-0.3, -0.25) is 3.07 Å². The van der Waals surface area contributed by atoms with E-state index >= 15 is 0 Å². The SMILES string of the molecule is O=Ic1ccccc1.OC1CCCCC1. The molecule has 1 fully saturated rings. The average molecular weight is 320 g/mol. The standard InChI is InChI=1S/C6H5IO.C6H12O/c8-7-6-4-2-1-3-5-6;7-6-4-2-1-3-5-6/h1-5H;6-7H,1-5H2. The van der Waals surface area contributed by atoms with Gasteiger partial charge in [0.2, 0.25) is 0 Å². The molecule has 15 heavy (non-hydrogen) atoms. The molecule has 0 heterocycles. The molecule has 2 rings (SSSR count). The summed E-state index contributed by atoms with van der Waals surface area (Å²) in [5.74, 6) is 0. The first kappa shape index (κ1) is 12.8. The highest BCUT2D eigenvalue weighted by atomic mass is 127. The van der Waals surface area contributed by atoms with Crippen LogP contribution in [0.15, 0.2) is 30.3 Å². The molecule has 0 spiro atoms. The Balaban J connectivity index is 0.000000151. The van der Waals surface area contributed by atoms with E-state index in [-0.39, 0.29) is 6.10 Å². The molecule has 0 unspecified atom stereocenters. The lowest BCUT2D eigenvalue weighted by Crippen LogP contribution is -2.09. The Labute approximate surface area is 101 Å². The van der Waals surface area contributed by atoms with Crippen molar-refractivity contribution in [3.8, 4) is 0 Å². The van der Waals surface area contributed by atoms with Crippen molar-refractivity contribution in [2.45, 2.75) is 38.2 Å². The Morgan fingerprint density at radius 2 is 1.67 bits per heavy atom. The molecule has 0 amide bonds. The van der Waals surface area contributed by atoms with Gasteiger partial charge in [-0.1, -0.05) is 37.5 Å². The number of halogens is 1. The number of aliphatic hydroxyl groups is 1. The first-order valence-corrected chi connectivity index (χ1v) is 7.29. The predicted octanol–water partition coefficient (Wildman–Crippen LogP) is 3.48. The number of benzene rings is 1. The van der Waals surface area contributed by atoms with E-state index in [0.29, 0.717) is 0 Å². The molecular weight excluding hydrogens is 303 g/mol. The van der Waals surface area contributed by atoms with Crippen LogP contribution in [0.2, 0.25) is 0 Å². The van der Waals surface area contributed by atoms with Crippen LogP contribution in [-0.4, -0.2) is 11.2 Å². The van der Waals surface area contributed by atoms with Gasteiger partial charge < -0.3 is 5.11 Å². The molecule has 0 aliphatic heterocycles. The minimum Gasteiger partial charge on any atom is -0.393 e. The maximum absolute atomic E-state index is 10.2. The first-order valence-electron chi connectivity index (χ1n) is 5.33.